The maximum Gasteiger partial charge on any atom is 0.305 e. The van der Waals surface area contributed by atoms with Crippen molar-refractivity contribution in [2.75, 3.05) is 14.2 Å². The van der Waals surface area contributed by atoms with Gasteiger partial charge in [0.1, 0.15) is 5.78 Å². The summed E-state index contributed by atoms with van der Waals surface area (Å²) in [6.45, 7) is 61.6. The molecule has 0 bridgehead atoms. The Morgan fingerprint density at radius 3 is 1.01 bits per heavy atom. The van der Waals surface area contributed by atoms with Gasteiger partial charge >= 0.3 is 11.9 Å². The van der Waals surface area contributed by atoms with E-state index in [2.05, 4.69) is 171 Å². The van der Waals surface area contributed by atoms with Gasteiger partial charge in [-0.05, 0) is 551 Å². The van der Waals surface area contributed by atoms with Crippen molar-refractivity contribution in [1.82, 2.24) is 0 Å². The molecule has 0 heterocycles. The van der Waals surface area contributed by atoms with Gasteiger partial charge in [-0.25, -0.2) is 0 Å². The van der Waals surface area contributed by atoms with Crippen molar-refractivity contribution in [2.45, 2.75) is 503 Å². The van der Waals surface area contributed by atoms with Crippen LogP contribution in [0.1, 0.15) is 469 Å². The predicted octanol–water partition coefficient (Wildman–Crippen LogP) is 29.8. The van der Waals surface area contributed by atoms with Crippen LogP contribution >= 0.6 is 0 Å². The van der Waals surface area contributed by atoms with Crippen LogP contribution in [0.4, 0.5) is 0 Å². The lowest BCUT2D eigenvalue weighted by molar-refractivity contribution is -0.166. The lowest BCUT2D eigenvalue weighted by Gasteiger charge is -2.64. The fraction of sp³-hybridized carbons (Fsp3) is 0.944. The van der Waals surface area contributed by atoms with Gasteiger partial charge in [0.25, 0.3) is 0 Å². The van der Waals surface area contributed by atoms with E-state index in [1.165, 1.54) is 181 Å². The van der Waals surface area contributed by atoms with Gasteiger partial charge in [-0.2, -0.15) is 0 Å². The van der Waals surface area contributed by atoms with E-state index in [0.29, 0.717) is 121 Å². The minimum absolute atomic E-state index is 0.00968. The molecule has 20 aliphatic carbocycles. The van der Waals surface area contributed by atoms with Gasteiger partial charge in [0.2, 0.25) is 0 Å². The minimum Gasteiger partial charge on any atom is -0.469 e. The third-order valence-corrected chi connectivity index (χ3v) is 51.5. The van der Waals surface area contributed by atoms with Crippen molar-refractivity contribution in [2.24, 2.45) is 232 Å². The smallest absolute Gasteiger partial charge is 0.305 e. The largest absolute Gasteiger partial charge is 0.469 e. The molecule has 0 spiro atoms. The molecular formula is C126H212O11. The molecule has 20 aliphatic rings. The average Bonchev–Trinajstić information content (AvgIpc) is 1.47. The Labute approximate surface area is 838 Å². The fourth-order valence-electron chi connectivity index (χ4n) is 43.8. The van der Waals surface area contributed by atoms with Gasteiger partial charge in [-0.15, -0.1) is 0 Å². The molecule has 6 N–H and O–H groups in total. The summed E-state index contributed by atoms with van der Waals surface area (Å²) < 4.78 is 9.77. The van der Waals surface area contributed by atoms with Crippen LogP contribution in [0.15, 0.2) is 23.3 Å². The molecule has 20 rings (SSSR count). The van der Waals surface area contributed by atoms with Gasteiger partial charge in [0.15, 0.2) is 0 Å². The number of fused-ring (bicyclic) bond motifs is 25. The highest BCUT2D eigenvalue weighted by molar-refractivity contribution is 5.87. The maximum atomic E-state index is 12.5. The third-order valence-electron chi connectivity index (χ3n) is 51.5. The summed E-state index contributed by atoms with van der Waals surface area (Å²) in [5.41, 5.74) is 4.47. The van der Waals surface area contributed by atoms with Crippen LogP contribution in [-0.2, 0) is 23.9 Å². The summed E-state index contributed by atoms with van der Waals surface area (Å²) in [5, 5.41) is 64.0. The number of hydrogen-bond acceptors (Lipinski definition) is 11. The van der Waals surface area contributed by atoms with Crippen LogP contribution in [0, 0.1) is 232 Å². The zero-order valence-corrected chi connectivity index (χ0v) is 93.5. The number of ketones is 1. The number of carbonyl (C=O) groups excluding carboxylic acids is 3. The van der Waals surface area contributed by atoms with Crippen LogP contribution in [0.5, 0.6) is 0 Å². The first-order chi connectivity index (χ1) is 63.7. The number of rotatable bonds is 12. The van der Waals surface area contributed by atoms with E-state index < -0.39 is 33.6 Å². The minimum atomic E-state index is -0.532. The second-order valence-electron chi connectivity index (χ2n) is 60.0. The van der Waals surface area contributed by atoms with Crippen molar-refractivity contribution < 1.29 is 54.5 Å². The molecule has 11 nitrogen and oxygen atoms in total. The Bertz CT molecular complexity index is 4250. The number of aliphatic hydroxyl groups is 6. The Morgan fingerprint density at radius 1 is 0.365 bits per heavy atom. The Kier molecular flexibility index (Phi) is 30.2. The molecule has 2 unspecified atom stereocenters. The first kappa shape index (κ1) is 108. The quantitative estimate of drug-likeness (QED) is 0.0805. The van der Waals surface area contributed by atoms with E-state index in [9.17, 15) is 45.0 Å². The summed E-state index contributed by atoms with van der Waals surface area (Å²) in [7, 11) is 2.99. The molecular weight excluding hydrogens is 1690 g/mol. The van der Waals surface area contributed by atoms with Gasteiger partial charge < -0.3 is 40.1 Å². The SMILES string of the molecule is C/C=C1/CC[C@H]2[C@@H]3C[C@@H](C)[C@H]4CC(C)(O)CC[C@]4(C)[C@H]3CC[C@]12C.COC(=O)CC[C@@H](C)C1=CC[C@H]2[C@@H]3C[C@@H](C)[C@H]4C[C@@](C)(O)CC[C@]4(C)[C@H]3CC[C@]12C.COC(=O)CC[C@@H](C)[C@H]1CC[C@H]2[C@@H]3C[C@@H](C)[C@H]4C[C@@](C)(O)CC[C@]4(C)[C@H]3CC[C@]12C.C[C@@H]1C[C@@H]2[C@H](CC[C@]3(C)C(=O)CC[C@@H]23)[C@@]2(C)CCC(C)(O)C[C@H]12.C[C@@H]1C[C@@H]2[C@H](CC[C@]3(C)[C@@H]([C@H](C)CCC(C)(C)O)CC[C@@H]23)[C@@]2(C)CC[C@](C)(O)C[C@H]12. The topological polar surface area (TPSA) is 191 Å². The lowest BCUT2D eigenvalue weighted by atomic mass is 9.42. The lowest BCUT2D eigenvalue weighted by Crippen LogP contribution is -2.57. The Hall–Kier alpha value is -2.15. The Morgan fingerprint density at radius 2 is 0.664 bits per heavy atom. The van der Waals surface area contributed by atoms with Crippen molar-refractivity contribution in [3.8, 4) is 0 Å². The molecule has 19 fully saturated rings. The molecule has 0 aliphatic heterocycles. The van der Waals surface area contributed by atoms with Gasteiger partial charge in [-0.3, -0.25) is 14.4 Å². The van der Waals surface area contributed by atoms with Crippen LogP contribution in [0.25, 0.3) is 0 Å². The molecule has 782 valence electrons. The van der Waals surface area contributed by atoms with E-state index in [1.807, 2.05) is 20.8 Å². The molecule has 0 radical (unpaired) electrons. The Balaban J connectivity index is 0.000000124. The maximum absolute atomic E-state index is 12.5. The summed E-state index contributed by atoms with van der Waals surface area (Å²) in [5.74, 6) is 23.4. The molecule has 11 heteroatoms. The van der Waals surface area contributed by atoms with Crippen molar-refractivity contribution >= 4 is 17.7 Å². The zero-order valence-electron chi connectivity index (χ0n) is 93.5. The molecule has 0 aromatic heterocycles. The van der Waals surface area contributed by atoms with E-state index in [-0.39, 0.29) is 17.4 Å². The highest BCUT2D eigenvalue weighted by Crippen LogP contribution is 2.77. The van der Waals surface area contributed by atoms with E-state index in [1.54, 1.807) is 11.1 Å². The zero-order chi connectivity index (χ0) is 99.9. The van der Waals surface area contributed by atoms with Crippen LogP contribution < -0.4 is 0 Å². The highest BCUT2D eigenvalue weighted by Gasteiger charge is 2.70. The van der Waals surface area contributed by atoms with Crippen molar-refractivity contribution in [3.05, 3.63) is 23.3 Å². The first-order valence-electron chi connectivity index (χ1n) is 59.1. The van der Waals surface area contributed by atoms with Crippen LogP contribution in [0.2, 0.25) is 0 Å². The van der Waals surface area contributed by atoms with Crippen molar-refractivity contribution in [3.63, 3.8) is 0 Å². The predicted molar refractivity (Wildman–Crippen MR) is 559 cm³/mol. The average molecular weight is 1900 g/mol. The molecule has 45 atom stereocenters. The van der Waals surface area contributed by atoms with E-state index in [0.717, 1.165) is 233 Å². The van der Waals surface area contributed by atoms with Gasteiger partial charge in [0, 0.05) is 24.7 Å². The normalized spacial score (nSPS) is 53.6. The van der Waals surface area contributed by atoms with Crippen molar-refractivity contribution in [1.29, 1.82) is 0 Å². The van der Waals surface area contributed by atoms with E-state index in [4.69, 9.17) is 9.47 Å². The van der Waals surface area contributed by atoms with Crippen LogP contribution in [-0.4, -0.2) is 96.2 Å². The number of methoxy groups -OCH3 is 2. The number of allylic oxidation sites excluding steroid dienone is 4. The highest BCUT2D eigenvalue weighted by atomic mass is 16.5. The molecule has 19 saturated carbocycles. The molecule has 0 amide bonds. The van der Waals surface area contributed by atoms with Gasteiger partial charge in [-0.1, -0.05) is 148 Å². The molecule has 0 aromatic rings. The monoisotopic (exact) mass is 1900 g/mol. The van der Waals surface area contributed by atoms with Gasteiger partial charge in [0.05, 0.1) is 47.8 Å². The summed E-state index contributed by atoms with van der Waals surface area (Å²) in [6.07, 6.45) is 57.7. The fourth-order valence-corrected chi connectivity index (χ4v) is 43.8. The number of carbonyl (C=O) groups is 3. The second kappa shape index (κ2) is 38.5. The third kappa shape index (κ3) is 19.3. The summed E-state index contributed by atoms with van der Waals surface area (Å²) >= 11 is 0. The first-order valence-corrected chi connectivity index (χ1v) is 59.1. The molecule has 0 saturated heterocycles. The number of hydrogen-bond donors (Lipinski definition) is 6. The number of ether oxygens (including phenoxy) is 2. The molecule has 0 aromatic carbocycles. The number of Topliss-reactive ketones (excluding diaryl/α,β-unsaturated/α-hetero) is 1. The summed E-state index contributed by atoms with van der Waals surface area (Å²) in [6, 6.07) is 0. The van der Waals surface area contributed by atoms with Crippen LogP contribution in [0.3, 0.4) is 0 Å². The van der Waals surface area contributed by atoms with E-state index >= 15 is 0 Å². The summed E-state index contributed by atoms with van der Waals surface area (Å²) in [4.78, 5) is 35.9. The number of esters is 2. The second-order valence-corrected chi connectivity index (χ2v) is 60.0. The standard InChI is InChI=1S/C28H50O2.C27H46O3.C27H44O3.C23H38O.C21H34O2/c1-18(10-12-25(3,4)29)21-8-9-22-20-16-19(2)24-17-26(5,30)14-15-28(24,7)23(20)11-13-27(21,22)6;2*1-17(7-10-24(28)30-6)20-8-9-21-19-15-18(2)23-16-25(3,29)13-14-27(23,5)22(19)11-12-26(20,21)4;1-6-16-7-8-18-17-13-15(2)20-14-21(3,24)11-12-23(20,5)19(17)9-10-22(16,18)4;1-13-11-14-15-5-6-18(22)21(15,4)8-7-16(14)20(3)10-9-19(2,23)12-17(13)20/h18-24,29-30H,8-17H2,1-7H3;17-23,29H,7-16H2,1-6H3;8,17-19,21-23,29H,7,9-16H2,1-6H3;6,15,17-20,24H,7-14H2,1-5H3;13-17,23H,5-12H2,1-4H3/b;;;16-6-;/t18-,19-,20+,21-,22+,23+,24-,26+,27-,28-;17-,18-,19+,20-,21+,22+,23-,25+,26-,27-;17-,18-,19+,21+,22+,23-,25+,26-,27-;15-,17+,18+,19+,20-,21?,22-,23-;13-,14+,15+,16+,17-,19?,20-,21+/m11111/s1. The molecule has 137 heavy (non-hydrogen) atoms.